The van der Waals surface area contributed by atoms with Crippen LogP contribution in [-0.4, -0.2) is 24.4 Å². The fourth-order valence-corrected chi connectivity index (χ4v) is 2.36. The van der Waals surface area contributed by atoms with Crippen molar-refractivity contribution in [2.75, 3.05) is 17.2 Å². The Kier molecular flexibility index (Phi) is 3.69. The van der Waals surface area contributed by atoms with E-state index in [0.29, 0.717) is 18.9 Å². The molecular weight excluding hydrogens is 254 g/mol. The van der Waals surface area contributed by atoms with Crippen molar-refractivity contribution in [2.24, 2.45) is 0 Å². The number of benzene rings is 1. The molecule has 3 rings (SSSR count). The quantitative estimate of drug-likeness (QED) is 0.764. The van der Waals surface area contributed by atoms with Crippen molar-refractivity contribution in [3.8, 4) is 0 Å². The maximum atomic E-state index is 11.8. The summed E-state index contributed by atoms with van der Waals surface area (Å²) in [7, 11) is 0. The molecule has 1 aliphatic carbocycles. The molecule has 1 heterocycles. The Balaban J connectivity index is 1.54. The molecule has 2 amide bonds. The van der Waals surface area contributed by atoms with Crippen LogP contribution in [-0.2, 0) is 16.0 Å². The van der Waals surface area contributed by atoms with Crippen molar-refractivity contribution in [2.45, 2.75) is 38.1 Å². The highest BCUT2D eigenvalue weighted by atomic mass is 16.2. The minimum atomic E-state index is 0.0259. The molecule has 5 nitrogen and oxygen atoms in total. The fourth-order valence-electron chi connectivity index (χ4n) is 2.36. The third kappa shape index (κ3) is 3.36. The molecule has 0 unspecified atom stereocenters. The van der Waals surface area contributed by atoms with Crippen molar-refractivity contribution in [3.63, 3.8) is 0 Å². The second kappa shape index (κ2) is 5.63. The summed E-state index contributed by atoms with van der Waals surface area (Å²) >= 11 is 0. The number of carbonyl (C=O) groups excluding carboxylic acids is 2. The summed E-state index contributed by atoms with van der Waals surface area (Å²) < 4.78 is 0. The van der Waals surface area contributed by atoms with Crippen molar-refractivity contribution >= 4 is 23.2 Å². The minimum Gasteiger partial charge on any atom is -0.326 e. The molecule has 106 valence electrons. The first kappa shape index (κ1) is 13.1. The Labute approximate surface area is 118 Å². The van der Waals surface area contributed by atoms with Crippen molar-refractivity contribution < 1.29 is 9.59 Å². The zero-order valence-corrected chi connectivity index (χ0v) is 11.4. The largest absolute Gasteiger partial charge is 0.326 e. The van der Waals surface area contributed by atoms with Crippen LogP contribution in [0.25, 0.3) is 0 Å². The Morgan fingerprint density at radius 3 is 2.95 bits per heavy atom. The van der Waals surface area contributed by atoms with Gasteiger partial charge in [-0.1, -0.05) is 0 Å². The summed E-state index contributed by atoms with van der Waals surface area (Å²) in [5.74, 6) is 0.0818. The van der Waals surface area contributed by atoms with Crippen LogP contribution in [0.4, 0.5) is 11.4 Å². The molecule has 3 N–H and O–H groups in total. The Morgan fingerprint density at radius 1 is 1.30 bits per heavy atom. The van der Waals surface area contributed by atoms with Gasteiger partial charge in [-0.05, 0) is 43.0 Å². The molecular formula is C15H19N3O2. The summed E-state index contributed by atoms with van der Waals surface area (Å²) in [6.45, 7) is 0.734. The smallest absolute Gasteiger partial charge is 0.225 e. The van der Waals surface area contributed by atoms with Gasteiger partial charge in [0.15, 0.2) is 0 Å². The summed E-state index contributed by atoms with van der Waals surface area (Å²) in [6, 6.07) is 6.26. The Bertz CT molecular complexity index is 538. The molecule has 1 saturated carbocycles. The number of hydrogen-bond donors (Lipinski definition) is 3. The average molecular weight is 273 g/mol. The van der Waals surface area contributed by atoms with Gasteiger partial charge in [0, 0.05) is 36.8 Å². The maximum Gasteiger partial charge on any atom is 0.225 e. The first-order valence-corrected chi connectivity index (χ1v) is 7.17. The van der Waals surface area contributed by atoms with Gasteiger partial charge in [-0.2, -0.15) is 0 Å². The lowest BCUT2D eigenvalue weighted by Crippen LogP contribution is -2.23. The van der Waals surface area contributed by atoms with Gasteiger partial charge < -0.3 is 16.0 Å². The van der Waals surface area contributed by atoms with E-state index in [1.165, 1.54) is 12.8 Å². The summed E-state index contributed by atoms with van der Waals surface area (Å²) in [5.41, 5.74) is 2.74. The van der Waals surface area contributed by atoms with Crippen LogP contribution in [0.2, 0.25) is 0 Å². The topological polar surface area (TPSA) is 70.2 Å². The maximum absolute atomic E-state index is 11.8. The second-order valence-corrected chi connectivity index (χ2v) is 5.45. The van der Waals surface area contributed by atoms with E-state index >= 15 is 0 Å². The highest BCUT2D eigenvalue weighted by Gasteiger charge is 2.20. The molecule has 1 fully saturated rings. The number of rotatable bonds is 5. The molecule has 0 spiro atoms. The number of aryl methyl sites for hydroxylation is 1. The van der Waals surface area contributed by atoms with E-state index in [-0.39, 0.29) is 11.8 Å². The van der Waals surface area contributed by atoms with Gasteiger partial charge in [0.1, 0.15) is 0 Å². The molecule has 1 aliphatic heterocycles. The van der Waals surface area contributed by atoms with Crippen molar-refractivity contribution in [3.05, 3.63) is 23.8 Å². The molecule has 0 radical (unpaired) electrons. The SMILES string of the molecule is O=C(CCNC1CC1)Nc1ccc2c(c1)CCC(=O)N2. The highest BCUT2D eigenvalue weighted by molar-refractivity contribution is 5.95. The standard InChI is InChI=1S/C15H19N3O2/c19-14-6-1-10-9-12(4-5-13(10)18-14)17-15(20)7-8-16-11-2-3-11/h4-5,9,11,16H,1-3,6-8H2,(H,17,20)(H,18,19). The van der Waals surface area contributed by atoms with Crippen LogP contribution < -0.4 is 16.0 Å². The normalized spacial score (nSPS) is 17.3. The Hall–Kier alpha value is -1.88. The number of amides is 2. The molecule has 1 aromatic rings. The van der Waals surface area contributed by atoms with Gasteiger partial charge >= 0.3 is 0 Å². The van der Waals surface area contributed by atoms with Gasteiger partial charge in [0.05, 0.1) is 0 Å². The van der Waals surface area contributed by atoms with Crippen LogP contribution in [0.15, 0.2) is 18.2 Å². The van der Waals surface area contributed by atoms with Gasteiger partial charge in [0.2, 0.25) is 11.8 Å². The van der Waals surface area contributed by atoms with Crippen LogP contribution in [0.3, 0.4) is 0 Å². The van der Waals surface area contributed by atoms with Crippen LogP contribution in [0, 0.1) is 0 Å². The zero-order valence-electron chi connectivity index (χ0n) is 11.4. The summed E-state index contributed by atoms with van der Waals surface area (Å²) in [6.07, 6.45) is 4.20. The highest BCUT2D eigenvalue weighted by Crippen LogP contribution is 2.25. The third-order valence-corrected chi connectivity index (χ3v) is 3.65. The van der Waals surface area contributed by atoms with Gasteiger partial charge in [-0.3, -0.25) is 9.59 Å². The predicted molar refractivity (Wildman–Crippen MR) is 77.7 cm³/mol. The number of fused-ring (bicyclic) bond motifs is 1. The fraction of sp³-hybridized carbons (Fsp3) is 0.467. The van der Waals surface area contributed by atoms with E-state index in [1.54, 1.807) is 0 Å². The summed E-state index contributed by atoms with van der Waals surface area (Å²) in [4.78, 5) is 23.1. The molecule has 2 aliphatic rings. The summed E-state index contributed by atoms with van der Waals surface area (Å²) in [5, 5.41) is 9.06. The minimum absolute atomic E-state index is 0.0259. The molecule has 0 aromatic heterocycles. The molecule has 20 heavy (non-hydrogen) atoms. The Morgan fingerprint density at radius 2 is 2.15 bits per heavy atom. The van der Waals surface area contributed by atoms with Gasteiger partial charge in [-0.15, -0.1) is 0 Å². The van der Waals surface area contributed by atoms with Crippen molar-refractivity contribution in [1.82, 2.24) is 5.32 Å². The number of nitrogens with one attached hydrogen (secondary N) is 3. The molecule has 0 atom stereocenters. The molecule has 0 saturated heterocycles. The lowest BCUT2D eigenvalue weighted by molar-refractivity contribution is -0.117. The van der Waals surface area contributed by atoms with Crippen LogP contribution in [0.1, 0.15) is 31.2 Å². The number of anilines is 2. The average Bonchev–Trinajstić information content (AvgIpc) is 3.23. The van der Waals surface area contributed by atoms with Crippen molar-refractivity contribution in [1.29, 1.82) is 0 Å². The molecule has 0 bridgehead atoms. The van der Waals surface area contributed by atoms with E-state index < -0.39 is 0 Å². The second-order valence-electron chi connectivity index (χ2n) is 5.45. The first-order valence-electron chi connectivity index (χ1n) is 7.17. The van der Waals surface area contributed by atoms with E-state index in [2.05, 4.69) is 16.0 Å². The molecule has 5 heteroatoms. The van der Waals surface area contributed by atoms with Crippen LogP contribution >= 0.6 is 0 Å². The number of carbonyl (C=O) groups is 2. The van der Waals surface area contributed by atoms with Crippen LogP contribution in [0.5, 0.6) is 0 Å². The zero-order chi connectivity index (χ0) is 13.9. The third-order valence-electron chi connectivity index (χ3n) is 3.65. The van der Waals surface area contributed by atoms with Gasteiger partial charge in [0.25, 0.3) is 0 Å². The monoisotopic (exact) mass is 273 g/mol. The first-order chi connectivity index (χ1) is 9.70. The van der Waals surface area contributed by atoms with E-state index in [9.17, 15) is 9.59 Å². The van der Waals surface area contributed by atoms with E-state index in [0.717, 1.165) is 29.9 Å². The van der Waals surface area contributed by atoms with E-state index in [4.69, 9.17) is 0 Å². The predicted octanol–water partition coefficient (Wildman–Crippen LogP) is 1.65. The molecule has 1 aromatic carbocycles. The van der Waals surface area contributed by atoms with Gasteiger partial charge in [-0.25, -0.2) is 0 Å². The lowest BCUT2D eigenvalue weighted by Gasteiger charge is -2.17. The number of hydrogen-bond acceptors (Lipinski definition) is 3. The van der Waals surface area contributed by atoms with E-state index in [1.807, 2.05) is 18.2 Å². The lowest BCUT2D eigenvalue weighted by atomic mass is 10.0.